The van der Waals surface area contributed by atoms with Gasteiger partial charge in [0.15, 0.2) is 12.0 Å². The van der Waals surface area contributed by atoms with E-state index in [0.717, 1.165) is 0 Å². The molecule has 0 aliphatic heterocycles. The van der Waals surface area contributed by atoms with Crippen LogP contribution in [0.5, 0.6) is 0 Å². The number of hydrogen-bond acceptors (Lipinski definition) is 3. The highest BCUT2D eigenvalue weighted by Gasteiger charge is 1.93. The van der Waals surface area contributed by atoms with Gasteiger partial charge in [-0.1, -0.05) is 27.0 Å². The highest BCUT2D eigenvalue weighted by molar-refractivity contribution is 5.69. The third kappa shape index (κ3) is 8.91. The van der Waals surface area contributed by atoms with Crippen molar-refractivity contribution in [1.82, 2.24) is 0 Å². The van der Waals surface area contributed by atoms with Crippen molar-refractivity contribution >= 4 is 6.29 Å². The zero-order chi connectivity index (χ0) is 9.28. The van der Waals surface area contributed by atoms with E-state index in [0.29, 0.717) is 6.29 Å². The van der Waals surface area contributed by atoms with E-state index in [-0.39, 0.29) is 18.1 Å². The van der Waals surface area contributed by atoms with Gasteiger partial charge in [-0.05, 0) is 0 Å². The van der Waals surface area contributed by atoms with Crippen LogP contribution in [0.4, 0.5) is 0 Å². The number of hydrogen-bond donors (Lipinski definition) is 1. The lowest BCUT2D eigenvalue weighted by Gasteiger charge is -2.01. The van der Waals surface area contributed by atoms with Gasteiger partial charge in [0.2, 0.25) is 0 Å². The number of allylic oxidation sites excluding steroid dienone is 1. The summed E-state index contributed by atoms with van der Waals surface area (Å²) in [6.07, 6.45) is 0.445. The molecule has 0 aliphatic rings. The molecule has 0 unspecified atom stereocenters. The van der Waals surface area contributed by atoms with Crippen molar-refractivity contribution in [3.8, 4) is 0 Å². The van der Waals surface area contributed by atoms with Crippen molar-refractivity contribution in [2.75, 3.05) is 6.61 Å². The minimum Gasteiger partial charge on any atom is -0.457 e. The Morgan fingerprint density at radius 1 is 1.55 bits per heavy atom. The fraction of sp³-hybridized carbons (Fsp3) is 0.375. The van der Waals surface area contributed by atoms with Gasteiger partial charge in [0.25, 0.3) is 0 Å². The predicted molar refractivity (Wildman–Crippen MR) is 43.9 cm³/mol. The highest BCUT2D eigenvalue weighted by atomic mass is 16.5. The van der Waals surface area contributed by atoms with Crippen molar-refractivity contribution in [3.05, 3.63) is 24.7 Å². The van der Waals surface area contributed by atoms with Crippen LogP contribution in [0.25, 0.3) is 0 Å². The lowest BCUT2D eigenvalue weighted by atomic mass is 10.5. The van der Waals surface area contributed by atoms with E-state index in [1.807, 2.05) is 13.8 Å². The molecule has 0 aliphatic carbocycles. The largest absolute Gasteiger partial charge is 0.457 e. The van der Waals surface area contributed by atoms with Crippen LogP contribution in [-0.4, -0.2) is 18.0 Å². The third-order valence-electron chi connectivity index (χ3n) is 0.583. The molecule has 0 aromatic heterocycles. The zero-order valence-corrected chi connectivity index (χ0v) is 6.96. The molecule has 0 heterocycles. The molecule has 3 heteroatoms. The maximum absolute atomic E-state index is 9.81. The molecule has 0 aromatic rings. The van der Waals surface area contributed by atoms with Gasteiger partial charge < -0.3 is 9.84 Å². The summed E-state index contributed by atoms with van der Waals surface area (Å²) >= 11 is 0. The van der Waals surface area contributed by atoms with Gasteiger partial charge in [0.1, 0.15) is 12.4 Å². The Morgan fingerprint density at radius 3 is 2.27 bits per heavy atom. The molecule has 0 radical (unpaired) electrons. The first-order valence-electron chi connectivity index (χ1n) is 3.31. The molecule has 0 saturated heterocycles. The van der Waals surface area contributed by atoms with Crippen molar-refractivity contribution in [2.24, 2.45) is 0 Å². The first-order chi connectivity index (χ1) is 5.20. The summed E-state index contributed by atoms with van der Waals surface area (Å²) in [5.74, 6) is 0.0705. The second-order valence-electron chi connectivity index (χ2n) is 1.38. The molecule has 0 atom stereocenters. The standard InChI is InChI=1S/C6H8O3.C2H6/c1-5(3-7)9-6(2)4-8;1-2/h3,8H,1-2,4H2;1-2H3. The van der Waals surface area contributed by atoms with Crippen molar-refractivity contribution < 1.29 is 14.6 Å². The van der Waals surface area contributed by atoms with Gasteiger partial charge in [-0.25, -0.2) is 0 Å². The lowest BCUT2D eigenvalue weighted by molar-refractivity contribution is -0.107. The van der Waals surface area contributed by atoms with Crippen LogP contribution in [0, 0.1) is 0 Å². The Kier molecular flexibility index (Phi) is 10.2. The number of carbonyl (C=O) groups excluding carboxylic acids is 1. The molecule has 0 spiro atoms. The van der Waals surface area contributed by atoms with Crippen LogP contribution in [0.1, 0.15) is 13.8 Å². The fourth-order valence-corrected chi connectivity index (χ4v) is 0.242. The number of rotatable bonds is 4. The Labute approximate surface area is 67.0 Å². The zero-order valence-electron chi connectivity index (χ0n) is 6.96. The maximum Gasteiger partial charge on any atom is 0.184 e. The summed E-state index contributed by atoms with van der Waals surface area (Å²) in [6.45, 7) is 10.2. The molecular weight excluding hydrogens is 144 g/mol. The maximum atomic E-state index is 9.81. The average molecular weight is 158 g/mol. The highest BCUT2D eigenvalue weighted by Crippen LogP contribution is 1.96. The summed E-state index contributed by atoms with van der Waals surface area (Å²) in [4.78, 5) is 9.81. The second-order valence-corrected chi connectivity index (χ2v) is 1.38. The van der Waals surface area contributed by atoms with Gasteiger partial charge >= 0.3 is 0 Å². The molecule has 0 aromatic carbocycles. The predicted octanol–water partition coefficient (Wildman–Crippen LogP) is 1.25. The van der Waals surface area contributed by atoms with E-state index in [9.17, 15) is 4.79 Å². The molecule has 0 fully saturated rings. The SMILES string of the molecule is C=C(C=O)OC(=C)CO.CC. The Hall–Kier alpha value is -1.09. The van der Waals surface area contributed by atoms with Gasteiger partial charge in [-0.2, -0.15) is 0 Å². The molecule has 0 bridgehead atoms. The van der Waals surface area contributed by atoms with E-state index in [1.54, 1.807) is 0 Å². The Balaban J connectivity index is 0. The molecule has 0 rings (SSSR count). The summed E-state index contributed by atoms with van der Waals surface area (Å²) in [7, 11) is 0. The van der Waals surface area contributed by atoms with E-state index in [4.69, 9.17) is 5.11 Å². The monoisotopic (exact) mass is 158 g/mol. The summed E-state index contributed by atoms with van der Waals surface area (Å²) < 4.78 is 4.54. The normalized spacial score (nSPS) is 7.18. The van der Waals surface area contributed by atoms with E-state index < -0.39 is 0 Å². The smallest absolute Gasteiger partial charge is 0.184 e. The topological polar surface area (TPSA) is 46.5 Å². The minimum absolute atomic E-state index is 0.0472. The fourth-order valence-electron chi connectivity index (χ4n) is 0.242. The van der Waals surface area contributed by atoms with Gasteiger partial charge in [-0.15, -0.1) is 0 Å². The lowest BCUT2D eigenvalue weighted by Crippen LogP contribution is -1.95. The van der Waals surface area contributed by atoms with Gasteiger partial charge in [0, 0.05) is 0 Å². The van der Waals surface area contributed by atoms with Crippen LogP contribution in [0.2, 0.25) is 0 Å². The van der Waals surface area contributed by atoms with Crippen LogP contribution in [-0.2, 0) is 9.53 Å². The van der Waals surface area contributed by atoms with Crippen molar-refractivity contribution in [2.45, 2.75) is 13.8 Å². The molecule has 11 heavy (non-hydrogen) atoms. The molecule has 64 valence electrons. The molecule has 0 saturated carbocycles. The number of aldehydes is 1. The number of ether oxygens (including phenoxy) is 1. The molecule has 1 N–H and O–H groups in total. The quantitative estimate of drug-likeness (QED) is 0.380. The third-order valence-corrected chi connectivity index (χ3v) is 0.583. The first-order valence-corrected chi connectivity index (χ1v) is 3.31. The number of aliphatic hydroxyl groups is 1. The summed E-state index contributed by atoms with van der Waals surface area (Å²) in [5, 5.41) is 8.30. The molecular formula is C8H14O3. The van der Waals surface area contributed by atoms with Gasteiger partial charge in [-0.3, -0.25) is 4.79 Å². The van der Waals surface area contributed by atoms with Crippen LogP contribution >= 0.6 is 0 Å². The van der Waals surface area contributed by atoms with E-state index >= 15 is 0 Å². The van der Waals surface area contributed by atoms with Crippen molar-refractivity contribution in [3.63, 3.8) is 0 Å². The van der Waals surface area contributed by atoms with E-state index in [2.05, 4.69) is 17.9 Å². The number of carbonyl (C=O) groups is 1. The minimum atomic E-state index is -0.299. The molecule has 3 nitrogen and oxygen atoms in total. The molecule has 0 amide bonds. The summed E-state index contributed by atoms with van der Waals surface area (Å²) in [6, 6.07) is 0. The van der Waals surface area contributed by atoms with Gasteiger partial charge in [0.05, 0.1) is 0 Å². The van der Waals surface area contributed by atoms with Crippen LogP contribution in [0.15, 0.2) is 24.7 Å². The Bertz CT molecular complexity index is 138. The second kappa shape index (κ2) is 8.91. The van der Waals surface area contributed by atoms with Crippen LogP contribution in [0.3, 0.4) is 0 Å². The van der Waals surface area contributed by atoms with Crippen molar-refractivity contribution in [1.29, 1.82) is 0 Å². The summed E-state index contributed by atoms with van der Waals surface area (Å²) in [5.41, 5.74) is 0. The van der Waals surface area contributed by atoms with E-state index in [1.165, 1.54) is 0 Å². The average Bonchev–Trinajstić information content (AvgIpc) is 2.07. The Morgan fingerprint density at radius 2 is 2.00 bits per heavy atom. The number of aliphatic hydroxyl groups excluding tert-OH is 1. The first kappa shape index (κ1) is 12.6. The van der Waals surface area contributed by atoms with Crippen LogP contribution < -0.4 is 0 Å².